The summed E-state index contributed by atoms with van der Waals surface area (Å²) in [5.41, 5.74) is 3.39. The van der Waals surface area contributed by atoms with E-state index in [0.717, 1.165) is 0 Å². The molecule has 0 unspecified atom stereocenters. The molecule has 1 atom stereocenters. The SMILES string of the molecule is N#C[C@@H](C(=O)N/N=C\c1ccc(-c2cccc([N+](=O)[O-])c2)o1)c1ccccc1. The Labute approximate surface area is 159 Å². The maximum Gasteiger partial charge on any atom is 0.270 e. The summed E-state index contributed by atoms with van der Waals surface area (Å²) in [4.78, 5) is 22.5. The summed E-state index contributed by atoms with van der Waals surface area (Å²) in [5.74, 6) is -0.767. The van der Waals surface area contributed by atoms with Crippen LogP contribution in [0.2, 0.25) is 0 Å². The molecule has 3 rings (SSSR count). The lowest BCUT2D eigenvalue weighted by Crippen LogP contribution is -2.24. The van der Waals surface area contributed by atoms with Gasteiger partial charge in [0.05, 0.1) is 17.2 Å². The van der Waals surface area contributed by atoms with Gasteiger partial charge in [-0.2, -0.15) is 10.4 Å². The lowest BCUT2D eigenvalue weighted by molar-refractivity contribution is -0.384. The van der Waals surface area contributed by atoms with Gasteiger partial charge in [-0.1, -0.05) is 42.5 Å². The number of carbonyl (C=O) groups excluding carboxylic acids is 1. The lowest BCUT2D eigenvalue weighted by atomic mass is 10.0. The summed E-state index contributed by atoms with van der Waals surface area (Å²) >= 11 is 0. The van der Waals surface area contributed by atoms with Crippen LogP contribution in [0, 0.1) is 21.4 Å². The van der Waals surface area contributed by atoms with E-state index in [2.05, 4.69) is 10.5 Å². The van der Waals surface area contributed by atoms with Gasteiger partial charge < -0.3 is 4.42 Å². The molecule has 8 heteroatoms. The second-order valence-corrected chi connectivity index (χ2v) is 5.72. The quantitative estimate of drug-likeness (QED) is 0.401. The largest absolute Gasteiger partial charge is 0.455 e. The molecule has 1 heterocycles. The van der Waals surface area contributed by atoms with Crippen molar-refractivity contribution in [1.29, 1.82) is 5.26 Å². The average molecular weight is 374 g/mol. The van der Waals surface area contributed by atoms with Gasteiger partial charge in [-0.15, -0.1) is 0 Å². The minimum atomic E-state index is -0.977. The second kappa shape index (κ2) is 8.42. The van der Waals surface area contributed by atoms with Crippen LogP contribution < -0.4 is 5.43 Å². The van der Waals surface area contributed by atoms with Crippen molar-refractivity contribution in [3.63, 3.8) is 0 Å². The Morgan fingerprint density at radius 3 is 2.68 bits per heavy atom. The molecule has 28 heavy (non-hydrogen) atoms. The van der Waals surface area contributed by atoms with Gasteiger partial charge in [-0.3, -0.25) is 14.9 Å². The zero-order valence-corrected chi connectivity index (χ0v) is 14.5. The second-order valence-electron chi connectivity index (χ2n) is 5.72. The summed E-state index contributed by atoms with van der Waals surface area (Å²) < 4.78 is 5.57. The van der Waals surface area contributed by atoms with E-state index in [-0.39, 0.29) is 5.69 Å². The number of nitro benzene ring substituents is 1. The number of hydrazone groups is 1. The Balaban J connectivity index is 1.67. The number of nitrogens with zero attached hydrogens (tertiary/aromatic N) is 3. The number of nitriles is 1. The van der Waals surface area contributed by atoms with Gasteiger partial charge in [0.1, 0.15) is 11.5 Å². The standard InChI is InChI=1S/C20H14N4O4/c21-12-18(14-5-2-1-3-6-14)20(25)23-22-13-17-9-10-19(28-17)15-7-4-8-16(11-15)24(26)27/h1-11,13,18H,(H,23,25)/b22-13-/t18-/m1/s1. The van der Waals surface area contributed by atoms with Crippen LogP contribution in [0.4, 0.5) is 5.69 Å². The molecule has 0 aliphatic carbocycles. The van der Waals surface area contributed by atoms with Gasteiger partial charge in [-0.25, -0.2) is 5.43 Å². The third-order valence-electron chi connectivity index (χ3n) is 3.86. The van der Waals surface area contributed by atoms with Gasteiger partial charge in [0.25, 0.3) is 11.6 Å². The Morgan fingerprint density at radius 2 is 1.96 bits per heavy atom. The van der Waals surface area contributed by atoms with Crippen LogP contribution in [-0.2, 0) is 4.79 Å². The number of furan rings is 1. The van der Waals surface area contributed by atoms with Crippen molar-refractivity contribution in [1.82, 2.24) is 5.43 Å². The van der Waals surface area contributed by atoms with Gasteiger partial charge in [0.15, 0.2) is 5.92 Å². The summed E-state index contributed by atoms with van der Waals surface area (Å²) in [6.45, 7) is 0. The molecule has 1 amide bonds. The lowest BCUT2D eigenvalue weighted by Gasteiger charge is -2.06. The molecule has 0 aliphatic rings. The smallest absolute Gasteiger partial charge is 0.270 e. The molecule has 2 aromatic carbocycles. The fraction of sp³-hybridized carbons (Fsp3) is 0.0500. The number of hydrogen-bond acceptors (Lipinski definition) is 6. The number of nitrogens with one attached hydrogen (secondary N) is 1. The Hall–Kier alpha value is -4.25. The maximum atomic E-state index is 12.2. The van der Waals surface area contributed by atoms with Crippen molar-refractivity contribution >= 4 is 17.8 Å². The molecule has 0 saturated heterocycles. The summed E-state index contributed by atoms with van der Waals surface area (Å²) in [5, 5.41) is 23.9. The van der Waals surface area contributed by atoms with Crippen molar-refractivity contribution < 1.29 is 14.1 Å². The fourth-order valence-electron chi connectivity index (χ4n) is 2.50. The molecule has 138 valence electrons. The highest BCUT2D eigenvalue weighted by Gasteiger charge is 2.19. The molecule has 8 nitrogen and oxygen atoms in total. The monoisotopic (exact) mass is 374 g/mol. The van der Waals surface area contributed by atoms with E-state index in [4.69, 9.17) is 4.42 Å². The van der Waals surface area contributed by atoms with Gasteiger partial charge >= 0.3 is 0 Å². The average Bonchev–Trinajstić information content (AvgIpc) is 3.18. The van der Waals surface area contributed by atoms with Gasteiger partial charge in [0.2, 0.25) is 0 Å². The highest BCUT2D eigenvalue weighted by Crippen LogP contribution is 2.25. The van der Waals surface area contributed by atoms with Crippen LogP contribution in [0.25, 0.3) is 11.3 Å². The summed E-state index contributed by atoms with van der Waals surface area (Å²) in [6.07, 6.45) is 1.29. The molecule has 0 radical (unpaired) electrons. The van der Waals surface area contributed by atoms with Gasteiger partial charge in [-0.05, 0) is 17.7 Å². The third kappa shape index (κ3) is 4.28. The van der Waals surface area contributed by atoms with E-state index in [0.29, 0.717) is 22.6 Å². The first-order chi connectivity index (χ1) is 13.6. The van der Waals surface area contributed by atoms with Crippen molar-refractivity contribution in [3.05, 3.63) is 88.2 Å². The first-order valence-corrected chi connectivity index (χ1v) is 8.20. The molecule has 0 saturated carbocycles. The molecule has 1 N–H and O–H groups in total. The summed E-state index contributed by atoms with van der Waals surface area (Å²) in [6, 6.07) is 19.9. The van der Waals surface area contributed by atoms with E-state index >= 15 is 0 Å². The Bertz CT molecular complexity index is 1070. The summed E-state index contributed by atoms with van der Waals surface area (Å²) in [7, 11) is 0. The Kier molecular flexibility index (Phi) is 5.58. The fourth-order valence-corrected chi connectivity index (χ4v) is 2.50. The molecule has 0 aliphatic heterocycles. The molecular weight excluding hydrogens is 360 g/mol. The van der Waals surface area contributed by atoms with E-state index in [1.54, 1.807) is 54.6 Å². The van der Waals surface area contributed by atoms with Crippen LogP contribution in [-0.4, -0.2) is 17.0 Å². The molecule has 0 spiro atoms. The number of amides is 1. The molecule has 3 aromatic rings. The van der Waals surface area contributed by atoms with Gasteiger partial charge in [0, 0.05) is 17.7 Å². The van der Waals surface area contributed by atoms with Crippen LogP contribution >= 0.6 is 0 Å². The topological polar surface area (TPSA) is 122 Å². The number of carbonyl (C=O) groups is 1. The zero-order chi connectivity index (χ0) is 19.9. The number of rotatable bonds is 6. The van der Waals surface area contributed by atoms with E-state index < -0.39 is 16.7 Å². The first kappa shape index (κ1) is 18.5. The van der Waals surface area contributed by atoms with E-state index in [1.807, 2.05) is 6.07 Å². The zero-order valence-electron chi connectivity index (χ0n) is 14.5. The molecule has 1 aromatic heterocycles. The van der Waals surface area contributed by atoms with Crippen LogP contribution in [0.5, 0.6) is 0 Å². The maximum absolute atomic E-state index is 12.2. The number of nitro groups is 1. The van der Waals surface area contributed by atoms with Crippen LogP contribution in [0.3, 0.4) is 0 Å². The predicted octanol–water partition coefficient (Wildman–Crippen LogP) is 3.61. The normalized spacial score (nSPS) is 11.7. The van der Waals surface area contributed by atoms with Crippen molar-refractivity contribution in [2.24, 2.45) is 5.10 Å². The highest BCUT2D eigenvalue weighted by atomic mass is 16.6. The van der Waals surface area contributed by atoms with Crippen molar-refractivity contribution in [2.45, 2.75) is 5.92 Å². The third-order valence-corrected chi connectivity index (χ3v) is 3.86. The minimum Gasteiger partial charge on any atom is -0.455 e. The molecule has 0 fully saturated rings. The van der Waals surface area contributed by atoms with Crippen LogP contribution in [0.15, 0.2) is 76.2 Å². The van der Waals surface area contributed by atoms with E-state index in [1.165, 1.54) is 18.3 Å². The predicted molar refractivity (Wildman–Crippen MR) is 101 cm³/mol. The van der Waals surface area contributed by atoms with Crippen molar-refractivity contribution in [3.8, 4) is 17.4 Å². The van der Waals surface area contributed by atoms with Crippen LogP contribution in [0.1, 0.15) is 17.2 Å². The first-order valence-electron chi connectivity index (χ1n) is 8.20. The highest BCUT2D eigenvalue weighted by molar-refractivity contribution is 5.87. The number of non-ortho nitro benzene ring substituents is 1. The molecular formula is C20H14N4O4. The Morgan fingerprint density at radius 1 is 1.18 bits per heavy atom. The minimum absolute atomic E-state index is 0.0418. The number of hydrogen-bond donors (Lipinski definition) is 1. The molecule has 0 bridgehead atoms. The van der Waals surface area contributed by atoms with E-state index in [9.17, 15) is 20.2 Å². The number of benzene rings is 2. The van der Waals surface area contributed by atoms with Crippen molar-refractivity contribution in [2.75, 3.05) is 0 Å².